The zero-order valence-corrected chi connectivity index (χ0v) is 12.9. The molecule has 0 aliphatic heterocycles. The van der Waals surface area contributed by atoms with Crippen molar-refractivity contribution >= 4 is 11.7 Å². The first-order valence-corrected chi connectivity index (χ1v) is 6.85. The van der Waals surface area contributed by atoms with E-state index in [9.17, 15) is 4.79 Å². The number of hydrogen-bond acceptors (Lipinski definition) is 5. The number of likely N-dealkylation sites (N-methyl/N-ethyl adjacent to an activating group) is 1. The summed E-state index contributed by atoms with van der Waals surface area (Å²) in [4.78, 5) is 18.0. The van der Waals surface area contributed by atoms with Crippen LogP contribution in [-0.2, 0) is 0 Å². The van der Waals surface area contributed by atoms with Gasteiger partial charge < -0.3 is 19.8 Å². The molecule has 1 atom stereocenters. The van der Waals surface area contributed by atoms with E-state index in [0.29, 0.717) is 18.1 Å². The minimum Gasteiger partial charge on any atom is -0.480 e. The summed E-state index contributed by atoms with van der Waals surface area (Å²) in [5, 5.41) is 5.53. The highest BCUT2D eigenvalue weighted by atomic mass is 16.5. The predicted octanol–water partition coefficient (Wildman–Crippen LogP) is 2.11. The molecular formula is C15H20N4O3. The lowest BCUT2D eigenvalue weighted by Crippen LogP contribution is -2.36. The van der Waals surface area contributed by atoms with Gasteiger partial charge in [-0.15, -0.1) is 0 Å². The molecule has 0 aliphatic carbocycles. The van der Waals surface area contributed by atoms with E-state index in [1.165, 1.54) is 7.11 Å². The van der Waals surface area contributed by atoms with Crippen molar-refractivity contribution in [2.24, 2.45) is 0 Å². The van der Waals surface area contributed by atoms with Gasteiger partial charge in [0, 0.05) is 12.7 Å². The number of rotatable bonds is 6. The quantitative estimate of drug-likeness (QED) is 0.854. The summed E-state index contributed by atoms with van der Waals surface area (Å²) >= 11 is 0. The number of pyridine rings is 1. The third kappa shape index (κ3) is 3.98. The summed E-state index contributed by atoms with van der Waals surface area (Å²) in [5.74, 6) is 1.16. The van der Waals surface area contributed by atoms with E-state index in [1.807, 2.05) is 31.1 Å². The number of anilines is 1. The van der Waals surface area contributed by atoms with Crippen molar-refractivity contribution in [1.29, 1.82) is 0 Å². The Morgan fingerprint density at radius 2 is 2.23 bits per heavy atom. The maximum absolute atomic E-state index is 12.0. The molecule has 2 rings (SSSR count). The number of hydrogen-bond donors (Lipinski definition) is 2. The second-order valence-corrected chi connectivity index (χ2v) is 4.89. The Bertz CT molecular complexity index is 599. The van der Waals surface area contributed by atoms with E-state index in [2.05, 4.69) is 15.6 Å². The monoisotopic (exact) mass is 304 g/mol. The average Bonchev–Trinajstić information content (AvgIpc) is 3.01. The van der Waals surface area contributed by atoms with Crippen molar-refractivity contribution in [3.05, 3.63) is 42.5 Å². The van der Waals surface area contributed by atoms with Crippen LogP contribution in [0.5, 0.6) is 5.88 Å². The van der Waals surface area contributed by atoms with Gasteiger partial charge in [0.25, 0.3) is 0 Å². The van der Waals surface area contributed by atoms with Crippen LogP contribution in [0, 0.1) is 0 Å². The maximum Gasteiger partial charge on any atom is 0.319 e. The first-order valence-electron chi connectivity index (χ1n) is 6.85. The van der Waals surface area contributed by atoms with Crippen molar-refractivity contribution in [2.75, 3.05) is 33.1 Å². The van der Waals surface area contributed by atoms with Gasteiger partial charge in [-0.3, -0.25) is 4.90 Å². The molecule has 7 heteroatoms. The number of aromatic nitrogens is 1. The second-order valence-electron chi connectivity index (χ2n) is 4.89. The minimum absolute atomic E-state index is 0.0449. The summed E-state index contributed by atoms with van der Waals surface area (Å²) in [7, 11) is 5.36. The number of carbonyl (C=O) groups excluding carboxylic acids is 1. The van der Waals surface area contributed by atoms with Gasteiger partial charge >= 0.3 is 6.03 Å². The molecular weight excluding hydrogens is 284 g/mol. The molecule has 118 valence electrons. The zero-order chi connectivity index (χ0) is 15.9. The van der Waals surface area contributed by atoms with Gasteiger partial charge in [-0.05, 0) is 38.4 Å². The van der Waals surface area contributed by atoms with Crippen LogP contribution in [0.1, 0.15) is 11.8 Å². The fraction of sp³-hybridized carbons (Fsp3) is 0.333. The molecule has 0 fully saturated rings. The van der Waals surface area contributed by atoms with Crippen LogP contribution in [-0.4, -0.2) is 43.7 Å². The van der Waals surface area contributed by atoms with Crippen LogP contribution in [0.4, 0.5) is 10.5 Å². The number of nitrogens with one attached hydrogen (secondary N) is 2. The SMILES string of the molecule is COc1ncccc1NC(=O)NC[C@H](c1ccco1)N(C)C. The Hall–Kier alpha value is -2.54. The van der Waals surface area contributed by atoms with Crippen molar-refractivity contribution < 1.29 is 13.9 Å². The highest BCUT2D eigenvalue weighted by Gasteiger charge is 2.18. The van der Waals surface area contributed by atoms with Gasteiger partial charge in [0.05, 0.1) is 19.4 Å². The van der Waals surface area contributed by atoms with Crippen molar-refractivity contribution in [3.63, 3.8) is 0 Å². The Labute approximate surface area is 129 Å². The second kappa shape index (κ2) is 7.46. The van der Waals surface area contributed by atoms with Crippen LogP contribution >= 0.6 is 0 Å². The largest absolute Gasteiger partial charge is 0.480 e. The molecule has 2 amide bonds. The van der Waals surface area contributed by atoms with Gasteiger partial charge in [0.15, 0.2) is 0 Å². The van der Waals surface area contributed by atoms with Crippen LogP contribution in [0.2, 0.25) is 0 Å². The fourth-order valence-electron chi connectivity index (χ4n) is 2.02. The molecule has 0 saturated heterocycles. The van der Waals surface area contributed by atoms with E-state index in [0.717, 1.165) is 5.76 Å². The summed E-state index contributed by atoms with van der Waals surface area (Å²) in [5.41, 5.74) is 0.516. The smallest absolute Gasteiger partial charge is 0.319 e. The lowest BCUT2D eigenvalue weighted by molar-refractivity contribution is 0.233. The number of carbonyl (C=O) groups is 1. The normalized spacial score (nSPS) is 12.0. The molecule has 0 saturated carbocycles. The Balaban J connectivity index is 1.94. The highest BCUT2D eigenvalue weighted by molar-refractivity contribution is 5.90. The molecule has 0 bridgehead atoms. The van der Waals surface area contributed by atoms with Crippen LogP contribution in [0.15, 0.2) is 41.1 Å². The lowest BCUT2D eigenvalue weighted by atomic mass is 10.2. The summed E-state index contributed by atoms with van der Waals surface area (Å²) in [6, 6.07) is 6.78. The van der Waals surface area contributed by atoms with E-state index < -0.39 is 0 Å². The molecule has 0 radical (unpaired) electrons. The number of furan rings is 1. The van der Waals surface area contributed by atoms with E-state index in [1.54, 1.807) is 24.6 Å². The molecule has 2 heterocycles. The fourth-order valence-corrected chi connectivity index (χ4v) is 2.02. The number of nitrogens with zero attached hydrogens (tertiary/aromatic N) is 2. The lowest BCUT2D eigenvalue weighted by Gasteiger charge is -2.22. The zero-order valence-electron chi connectivity index (χ0n) is 12.9. The Morgan fingerprint density at radius 3 is 2.86 bits per heavy atom. The summed E-state index contributed by atoms with van der Waals surface area (Å²) in [6.45, 7) is 0.412. The number of ether oxygens (including phenoxy) is 1. The number of amides is 2. The number of methoxy groups -OCH3 is 1. The Kier molecular flexibility index (Phi) is 5.37. The molecule has 22 heavy (non-hydrogen) atoms. The standard InChI is InChI=1S/C15H20N4O3/c1-19(2)12(13-7-5-9-22-13)10-17-15(20)18-11-6-4-8-16-14(11)21-3/h4-9,12H,10H2,1-3H3,(H2,17,18,20)/t12-/m1/s1. The van der Waals surface area contributed by atoms with Crippen molar-refractivity contribution in [3.8, 4) is 5.88 Å². The highest BCUT2D eigenvalue weighted by Crippen LogP contribution is 2.20. The average molecular weight is 304 g/mol. The predicted molar refractivity (Wildman–Crippen MR) is 82.9 cm³/mol. The van der Waals surface area contributed by atoms with Crippen molar-refractivity contribution in [2.45, 2.75) is 6.04 Å². The van der Waals surface area contributed by atoms with Gasteiger partial charge in [-0.2, -0.15) is 0 Å². The first kappa shape index (κ1) is 15.8. The van der Waals surface area contributed by atoms with Crippen LogP contribution < -0.4 is 15.4 Å². The molecule has 2 N–H and O–H groups in total. The number of urea groups is 1. The van der Waals surface area contributed by atoms with E-state index >= 15 is 0 Å². The van der Waals surface area contributed by atoms with Gasteiger partial charge in [0.2, 0.25) is 5.88 Å². The molecule has 0 aromatic carbocycles. The molecule has 0 unspecified atom stereocenters. The van der Waals surface area contributed by atoms with E-state index in [-0.39, 0.29) is 12.1 Å². The molecule has 2 aromatic rings. The Morgan fingerprint density at radius 1 is 1.41 bits per heavy atom. The maximum atomic E-state index is 12.0. The summed E-state index contributed by atoms with van der Waals surface area (Å²) < 4.78 is 10.5. The van der Waals surface area contributed by atoms with Gasteiger partial charge in [-0.1, -0.05) is 0 Å². The third-order valence-corrected chi connectivity index (χ3v) is 3.16. The molecule has 2 aromatic heterocycles. The topological polar surface area (TPSA) is 79.6 Å². The van der Waals surface area contributed by atoms with Crippen LogP contribution in [0.25, 0.3) is 0 Å². The first-order chi connectivity index (χ1) is 10.6. The molecule has 0 aliphatic rings. The van der Waals surface area contributed by atoms with Crippen LogP contribution in [0.3, 0.4) is 0 Å². The van der Waals surface area contributed by atoms with E-state index in [4.69, 9.17) is 9.15 Å². The summed E-state index contributed by atoms with van der Waals surface area (Å²) in [6.07, 6.45) is 3.22. The van der Waals surface area contributed by atoms with Gasteiger partial charge in [-0.25, -0.2) is 9.78 Å². The molecule has 0 spiro atoms. The van der Waals surface area contributed by atoms with Gasteiger partial charge in [0.1, 0.15) is 11.4 Å². The van der Waals surface area contributed by atoms with Crippen molar-refractivity contribution in [1.82, 2.24) is 15.2 Å². The molecule has 7 nitrogen and oxygen atoms in total. The minimum atomic E-state index is -0.329. The third-order valence-electron chi connectivity index (χ3n) is 3.16.